The van der Waals surface area contributed by atoms with Crippen LogP contribution in [0.4, 0.5) is 0 Å². The van der Waals surface area contributed by atoms with Gasteiger partial charge in [-0.1, -0.05) is 78.8 Å². The molecule has 1 aliphatic rings. The average Bonchev–Trinajstić information content (AvgIpc) is 3.17. The van der Waals surface area contributed by atoms with Crippen LogP contribution >= 0.6 is 0 Å². The van der Waals surface area contributed by atoms with Crippen molar-refractivity contribution >= 4 is 40.3 Å². The van der Waals surface area contributed by atoms with Gasteiger partial charge in [0.05, 0.1) is 11.0 Å². The van der Waals surface area contributed by atoms with Gasteiger partial charge in [-0.05, 0) is 59.6 Å². The second-order valence-electron chi connectivity index (χ2n) is 9.28. The number of hydrogen-bond donors (Lipinski definition) is 0. The summed E-state index contributed by atoms with van der Waals surface area (Å²) in [4.78, 5) is 0. The molecule has 0 aliphatic carbocycles. The predicted molar refractivity (Wildman–Crippen MR) is 132 cm³/mol. The third-order valence-electron chi connectivity index (χ3n) is 6.92. The summed E-state index contributed by atoms with van der Waals surface area (Å²) in [7, 11) is -1.70. The number of rotatable bonds is 1. The van der Waals surface area contributed by atoms with Crippen LogP contribution in [0.15, 0.2) is 78.9 Å². The first-order chi connectivity index (χ1) is 14.4. The van der Waals surface area contributed by atoms with Gasteiger partial charge in [0.25, 0.3) is 0 Å². The van der Waals surface area contributed by atoms with Gasteiger partial charge in [0.2, 0.25) is 0 Å². The Kier molecular flexibility index (Phi) is 3.52. The standard InChI is InChI=1S/C28H25NSi/c1-18-9-12-20(13-10-18)29-25-8-6-5-7-21(25)23-17-28-24(16-26(23)29)22-14-11-19(2)15-27(22)30(28,3)4/h5-17H,1-4H3. The maximum absolute atomic E-state index is 2.51. The molecule has 0 saturated heterocycles. The number of aryl methyl sites for hydroxylation is 2. The Hall–Kier alpha value is -3.10. The Morgan fingerprint density at radius 2 is 1.30 bits per heavy atom. The summed E-state index contributed by atoms with van der Waals surface area (Å²) in [6, 6.07) is 29.7. The molecule has 2 heterocycles. The molecule has 5 aromatic rings. The van der Waals surface area contributed by atoms with Gasteiger partial charge in [0, 0.05) is 16.5 Å². The van der Waals surface area contributed by atoms with Crippen LogP contribution in [-0.4, -0.2) is 12.6 Å². The number of para-hydroxylation sites is 1. The summed E-state index contributed by atoms with van der Waals surface area (Å²) in [6.45, 7) is 9.36. The molecule has 0 bridgehead atoms. The van der Waals surface area contributed by atoms with Gasteiger partial charge in [-0.15, -0.1) is 0 Å². The van der Waals surface area contributed by atoms with Gasteiger partial charge >= 0.3 is 0 Å². The van der Waals surface area contributed by atoms with Gasteiger partial charge in [-0.25, -0.2) is 0 Å². The molecule has 30 heavy (non-hydrogen) atoms. The van der Waals surface area contributed by atoms with E-state index in [2.05, 4.69) is 110 Å². The molecule has 0 saturated carbocycles. The van der Waals surface area contributed by atoms with Gasteiger partial charge in [-0.2, -0.15) is 0 Å². The van der Waals surface area contributed by atoms with Crippen LogP contribution < -0.4 is 10.4 Å². The molecule has 0 N–H and O–H groups in total. The lowest BCUT2D eigenvalue weighted by atomic mass is 10.0. The fourth-order valence-corrected chi connectivity index (χ4v) is 8.44. The van der Waals surface area contributed by atoms with Crippen LogP contribution in [0, 0.1) is 13.8 Å². The number of hydrogen-bond acceptors (Lipinski definition) is 0. The van der Waals surface area contributed by atoms with Crippen molar-refractivity contribution < 1.29 is 0 Å². The molecular formula is C28H25NSi. The second-order valence-corrected chi connectivity index (χ2v) is 13.6. The quantitative estimate of drug-likeness (QED) is 0.294. The smallest absolute Gasteiger partial charge is 0.113 e. The minimum absolute atomic E-state index is 1.23. The highest BCUT2D eigenvalue weighted by Crippen LogP contribution is 2.37. The zero-order valence-electron chi connectivity index (χ0n) is 18.0. The maximum Gasteiger partial charge on any atom is 0.113 e. The Morgan fingerprint density at radius 3 is 2.10 bits per heavy atom. The number of nitrogens with zero attached hydrogens (tertiary/aromatic N) is 1. The molecule has 0 radical (unpaired) electrons. The van der Waals surface area contributed by atoms with Crippen molar-refractivity contribution in [3.63, 3.8) is 0 Å². The highest BCUT2D eigenvalue weighted by molar-refractivity contribution is 7.04. The van der Waals surface area contributed by atoms with E-state index in [0.29, 0.717) is 0 Å². The van der Waals surface area contributed by atoms with Gasteiger partial charge in [0.1, 0.15) is 8.07 Å². The van der Waals surface area contributed by atoms with E-state index in [1.54, 1.807) is 10.4 Å². The fourth-order valence-electron chi connectivity index (χ4n) is 5.28. The Balaban J connectivity index is 1.76. The highest BCUT2D eigenvalue weighted by atomic mass is 28.3. The summed E-state index contributed by atoms with van der Waals surface area (Å²) < 4.78 is 2.44. The Bertz CT molecular complexity index is 1470. The van der Waals surface area contributed by atoms with Crippen LogP contribution in [0.2, 0.25) is 13.1 Å². The van der Waals surface area contributed by atoms with E-state index in [-0.39, 0.29) is 0 Å². The van der Waals surface area contributed by atoms with Gasteiger partial charge < -0.3 is 4.57 Å². The van der Waals surface area contributed by atoms with E-state index >= 15 is 0 Å². The molecule has 4 aromatic carbocycles. The molecule has 6 rings (SSSR count). The van der Waals surface area contributed by atoms with Crippen molar-refractivity contribution in [3.05, 3.63) is 90.0 Å². The molecule has 1 aliphatic heterocycles. The Morgan fingerprint density at radius 1 is 0.600 bits per heavy atom. The molecular weight excluding hydrogens is 378 g/mol. The molecule has 146 valence electrons. The van der Waals surface area contributed by atoms with E-state index in [1.165, 1.54) is 49.7 Å². The maximum atomic E-state index is 2.51. The largest absolute Gasteiger partial charge is 0.309 e. The normalized spacial score (nSPS) is 14.3. The lowest BCUT2D eigenvalue weighted by Gasteiger charge is -2.19. The van der Waals surface area contributed by atoms with Crippen molar-refractivity contribution in [3.8, 4) is 16.8 Å². The van der Waals surface area contributed by atoms with E-state index in [1.807, 2.05) is 0 Å². The van der Waals surface area contributed by atoms with Crippen LogP contribution in [0.3, 0.4) is 0 Å². The third-order valence-corrected chi connectivity index (χ3v) is 10.4. The summed E-state index contributed by atoms with van der Waals surface area (Å²) in [5.74, 6) is 0. The first-order valence-corrected chi connectivity index (χ1v) is 13.7. The topological polar surface area (TPSA) is 4.93 Å². The van der Waals surface area contributed by atoms with E-state index < -0.39 is 8.07 Å². The van der Waals surface area contributed by atoms with E-state index in [9.17, 15) is 0 Å². The van der Waals surface area contributed by atoms with E-state index in [4.69, 9.17) is 0 Å². The van der Waals surface area contributed by atoms with Crippen LogP contribution in [0.25, 0.3) is 38.6 Å². The number of benzene rings is 4. The first-order valence-electron chi connectivity index (χ1n) is 10.7. The summed E-state index contributed by atoms with van der Waals surface area (Å²) in [5, 5.41) is 5.86. The lowest BCUT2D eigenvalue weighted by molar-refractivity contribution is 1.18. The van der Waals surface area contributed by atoms with Gasteiger partial charge in [-0.3, -0.25) is 0 Å². The molecule has 0 fully saturated rings. The molecule has 0 unspecified atom stereocenters. The van der Waals surface area contributed by atoms with Crippen molar-refractivity contribution in [1.82, 2.24) is 4.57 Å². The molecule has 0 spiro atoms. The number of fused-ring (bicyclic) bond motifs is 6. The number of aromatic nitrogens is 1. The van der Waals surface area contributed by atoms with Crippen LogP contribution in [0.5, 0.6) is 0 Å². The van der Waals surface area contributed by atoms with Crippen LogP contribution in [0.1, 0.15) is 11.1 Å². The van der Waals surface area contributed by atoms with Crippen LogP contribution in [-0.2, 0) is 0 Å². The molecule has 0 atom stereocenters. The van der Waals surface area contributed by atoms with Gasteiger partial charge in [0.15, 0.2) is 0 Å². The summed E-state index contributed by atoms with van der Waals surface area (Å²) in [5.41, 5.74) is 9.34. The molecule has 1 nitrogen and oxygen atoms in total. The summed E-state index contributed by atoms with van der Waals surface area (Å²) in [6.07, 6.45) is 0. The minimum Gasteiger partial charge on any atom is -0.309 e. The van der Waals surface area contributed by atoms with Crippen molar-refractivity contribution in [1.29, 1.82) is 0 Å². The third kappa shape index (κ3) is 2.28. The zero-order valence-corrected chi connectivity index (χ0v) is 19.0. The monoisotopic (exact) mass is 403 g/mol. The molecule has 0 amide bonds. The van der Waals surface area contributed by atoms with Crippen molar-refractivity contribution in [2.24, 2.45) is 0 Å². The highest BCUT2D eigenvalue weighted by Gasteiger charge is 2.38. The van der Waals surface area contributed by atoms with Crippen molar-refractivity contribution in [2.45, 2.75) is 26.9 Å². The fraction of sp³-hybridized carbons (Fsp3) is 0.143. The van der Waals surface area contributed by atoms with E-state index in [0.717, 1.165) is 0 Å². The summed E-state index contributed by atoms with van der Waals surface area (Å²) >= 11 is 0. The Labute approximate surface area is 178 Å². The van der Waals surface area contributed by atoms with Crippen molar-refractivity contribution in [2.75, 3.05) is 0 Å². The molecule has 2 heteroatoms. The second kappa shape index (κ2) is 5.96. The lowest BCUT2D eigenvalue weighted by Crippen LogP contribution is -2.49. The molecule has 1 aromatic heterocycles. The first kappa shape index (κ1) is 17.7. The predicted octanol–water partition coefficient (Wildman–Crippen LogP) is 6.20. The minimum atomic E-state index is -1.70. The average molecular weight is 404 g/mol. The zero-order chi connectivity index (χ0) is 20.6. The SMILES string of the molecule is Cc1ccc(-n2c3ccccc3c3cc4c(cc32)-c2ccc(C)cc2[Si]4(C)C)cc1.